The first-order chi connectivity index (χ1) is 13.9. The van der Waals surface area contributed by atoms with Crippen LogP contribution in [0.1, 0.15) is 95.9 Å². The van der Waals surface area contributed by atoms with Crippen LogP contribution in [-0.4, -0.2) is 27.6 Å². The Morgan fingerprint density at radius 3 is 1.89 bits per heavy atom. The van der Waals surface area contributed by atoms with Crippen molar-refractivity contribution in [2.24, 2.45) is 0 Å². The van der Waals surface area contributed by atoms with E-state index in [2.05, 4.69) is 46.0 Å². The lowest BCUT2D eigenvalue weighted by molar-refractivity contribution is -0.0234. The van der Waals surface area contributed by atoms with Crippen LogP contribution in [0.2, 0.25) is 0 Å². The molecule has 0 radical (unpaired) electrons. The molecule has 1 saturated carbocycles. The van der Waals surface area contributed by atoms with E-state index in [0.717, 1.165) is 18.1 Å². The van der Waals surface area contributed by atoms with Gasteiger partial charge < -0.3 is 4.57 Å². The molecule has 1 aromatic carbocycles. The Morgan fingerprint density at radius 1 is 0.571 bits per heavy atom. The number of fused-ring (bicyclic) bond motifs is 3. The maximum atomic E-state index is 3.06. The van der Waals surface area contributed by atoms with Crippen LogP contribution in [-0.2, 0) is 0 Å². The zero-order valence-electron chi connectivity index (χ0n) is 17.6. The minimum Gasteiger partial charge on any atom is -0.344 e. The molecule has 1 aromatic heterocycles. The molecule has 3 aliphatic rings. The third kappa shape index (κ3) is 3.77. The average molecular weight is 379 g/mol. The van der Waals surface area contributed by atoms with Gasteiger partial charge in [0.2, 0.25) is 0 Å². The number of para-hydroxylation sites is 1. The number of nitrogens with zero attached hydrogens (tertiary/aromatic N) is 2. The molecule has 2 aromatic rings. The van der Waals surface area contributed by atoms with Crippen molar-refractivity contribution in [1.82, 2.24) is 9.47 Å². The molecule has 1 aliphatic carbocycles. The van der Waals surface area contributed by atoms with Crippen molar-refractivity contribution in [3.05, 3.63) is 36.5 Å². The Kier molecular flexibility index (Phi) is 5.76. The number of rotatable bonds is 2. The van der Waals surface area contributed by atoms with E-state index in [4.69, 9.17) is 0 Å². The molecule has 2 bridgehead atoms. The quantitative estimate of drug-likeness (QED) is 0.541. The highest BCUT2D eigenvalue weighted by molar-refractivity contribution is 5.80. The first-order valence-corrected chi connectivity index (χ1v) is 12.2. The number of aromatic nitrogens is 1. The molecule has 3 heterocycles. The summed E-state index contributed by atoms with van der Waals surface area (Å²) in [7, 11) is 0. The summed E-state index contributed by atoms with van der Waals surface area (Å²) in [5, 5.41) is 1.41. The topological polar surface area (TPSA) is 8.17 Å². The van der Waals surface area contributed by atoms with Crippen molar-refractivity contribution in [3.63, 3.8) is 0 Å². The SMILES string of the molecule is c1ccc2c(c1)ccn2[C@@H]1C[C@H]2CCC[C@@H](C1)N2C1CCCCCCCCC1. The highest BCUT2D eigenvalue weighted by atomic mass is 15.2. The van der Waals surface area contributed by atoms with E-state index < -0.39 is 0 Å². The summed E-state index contributed by atoms with van der Waals surface area (Å²) >= 11 is 0. The van der Waals surface area contributed by atoms with Gasteiger partial charge in [-0.25, -0.2) is 0 Å². The van der Waals surface area contributed by atoms with Crippen LogP contribution in [0.15, 0.2) is 36.5 Å². The van der Waals surface area contributed by atoms with Crippen molar-refractivity contribution >= 4 is 10.9 Å². The van der Waals surface area contributed by atoms with Gasteiger partial charge in [-0.05, 0) is 56.0 Å². The summed E-state index contributed by atoms with van der Waals surface area (Å²) in [6.45, 7) is 0. The van der Waals surface area contributed by atoms with Gasteiger partial charge in [-0.2, -0.15) is 0 Å². The monoisotopic (exact) mass is 378 g/mol. The second kappa shape index (κ2) is 8.61. The van der Waals surface area contributed by atoms with Crippen LogP contribution in [0.25, 0.3) is 10.9 Å². The van der Waals surface area contributed by atoms with Gasteiger partial charge in [0.15, 0.2) is 0 Å². The highest BCUT2D eigenvalue weighted by Gasteiger charge is 2.41. The molecule has 3 atom stereocenters. The normalized spacial score (nSPS) is 31.1. The fraction of sp³-hybridized carbons (Fsp3) is 0.692. The zero-order valence-corrected chi connectivity index (χ0v) is 17.6. The molecule has 2 heteroatoms. The first-order valence-electron chi connectivity index (χ1n) is 12.2. The Balaban J connectivity index is 1.34. The fourth-order valence-corrected chi connectivity index (χ4v) is 6.72. The van der Waals surface area contributed by atoms with E-state index in [1.807, 2.05) is 0 Å². The van der Waals surface area contributed by atoms with E-state index in [-0.39, 0.29) is 0 Å². The van der Waals surface area contributed by atoms with Crippen molar-refractivity contribution in [2.45, 2.75) is 114 Å². The Morgan fingerprint density at radius 2 is 1.18 bits per heavy atom. The van der Waals surface area contributed by atoms with Crippen molar-refractivity contribution in [2.75, 3.05) is 0 Å². The van der Waals surface area contributed by atoms with E-state index in [1.54, 1.807) is 0 Å². The molecule has 0 spiro atoms. The molecule has 2 saturated heterocycles. The smallest absolute Gasteiger partial charge is 0.0482 e. The lowest BCUT2D eigenvalue weighted by Gasteiger charge is -2.53. The largest absolute Gasteiger partial charge is 0.344 e. The molecule has 0 unspecified atom stereocenters. The summed E-state index contributed by atoms with van der Waals surface area (Å²) in [6.07, 6.45) is 22.6. The number of hydrogen-bond donors (Lipinski definition) is 0. The lowest BCUT2D eigenvalue weighted by atomic mass is 9.79. The third-order valence-corrected chi connectivity index (χ3v) is 8.03. The summed E-state index contributed by atoms with van der Waals surface area (Å²) in [4.78, 5) is 3.06. The molecule has 152 valence electrons. The van der Waals surface area contributed by atoms with Crippen molar-refractivity contribution in [3.8, 4) is 0 Å². The maximum absolute atomic E-state index is 3.06. The molecule has 28 heavy (non-hydrogen) atoms. The third-order valence-electron chi connectivity index (χ3n) is 8.03. The summed E-state index contributed by atoms with van der Waals surface area (Å²) < 4.78 is 2.62. The van der Waals surface area contributed by atoms with Crippen LogP contribution in [0.4, 0.5) is 0 Å². The van der Waals surface area contributed by atoms with Crippen LogP contribution in [0.3, 0.4) is 0 Å². The Labute approximate surface area is 171 Å². The average Bonchev–Trinajstić information content (AvgIpc) is 3.15. The lowest BCUT2D eigenvalue weighted by Crippen LogP contribution is -2.56. The maximum Gasteiger partial charge on any atom is 0.0482 e. The van der Waals surface area contributed by atoms with Gasteiger partial charge in [0, 0.05) is 35.9 Å². The highest BCUT2D eigenvalue weighted by Crippen LogP contribution is 2.43. The predicted octanol–water partition coefficient (Wildman–Crippen LogP) is 7.09. The van der Waals surface area contributed by atoms with Crippen molar-refractivity contribution in [1.29, 1.82) is 0 Å². The number of hydrogen-bond acceptors (Lipinski definition) is 1. The second-order valence-corrected chi connectivity index (χ2v) is 9.80. The second-order valence-electron chi connectivity index (χ2n) is 9.80. The molecule has 2 nitrogen and oxygen atoms in total. The van der Waals surface area contributed by atoms with Gasteiger partial charge in [0.05, 0.1) is 0 Å². The van der Waals surface area contributed by atoms with E-state index in [1.165, 1.54) is 101 Å². The van der Waals surface area contributed by atoms with Crippen LogP contribution in [0.5, 0.6) is 0 Å². The van der Waals surface area contributed by atoms with Gasteiger partial charge in [0.1, 0.15) is 0 Å². The summed E-state index contributed by atoms with van der Waals surface area (Å²) in [5.74, 6) is 0. The first kappa shape index (κ1) is 18.7. The Hall–Kier alpha value is -1.28. The fourth-order valence-electron chi connectivity index (χ4n) is 6.72. The van der Waals surface area contributed by atoms with Crippen molar-refractivity contribution < 1.29 is 0 Å². The van der Waals surface area contributed by atoms with E-state index in [9.17, 15) is 0 Å². The van der Waals surface area contributed by atoms with Gasteiger partial charge in [-0.1, -0.05) is 69.6 Å². The van der Waals surface area contributed by atoms with E-state index in [0.29, 0.717) is 6.04 Å². The summed E-state index contributed by atoms with van der Waals surface area (Å²) in [5.41, 5.74) is 1.44. The van der Waals surface area contributed by atoms with E-state index >= 15 is 0 Å². The molecular formula is C26H38N2. The molecule has 3 fully saturated rings. The molecule has 2 aliphatic heterocycles. The summed E-state index contributed by atoms with van der Waals surface area (Å²) in [6, 6.07) is 14.5. The van der Waals surface area contributed by atoms with Gasteiger partial charge >= 0.3 is 0 Å². The van der Waals surface area contributed by atoms with Crippen LogP contribution < -0.4 is 0 Å². The minimum absolute atomic E-state index is 0.700. The standard InChI is InChI=1S/C26H38N2/c1-2-4-6-12-22(13-7-5-3-1)28-23-14-10-15-24(28)20-25(19-23)27-18-17-21-11-8-9-16-26(21)27/h8-9,11,16-18,22-25H,1-7,10,12-15,19-20H2/t23-,24+,25-. The molecule has 5 rings (SSSR count). The van der Waals surface area contributed by atoms with Crippen LogP contribution in [0, 0.1) is 0 Å². The zero-order chi connectivity index (χ0) is 18.8. The molecule has 0 N–H and O–H groups in total. The molecular weight excluding hydrogens is 340 g/mol. The Bertz CT molecular complexity index is 739. The number of piperidine rings is 2. The van der Waals surface area contributed by atoms with Gasteiger partial charge in [0.25, 0.3) is 0 Å². The molecule has 0 amide bonds. The predicted molar refractivity (Wildman–Crippen MR) is 119 cm³/mol. The van der Waals surface area contributed by atoms with Gasteiger partial charge in [-0.3, -0.25) is 4.90 Å². The minimum atomic E-state index is 0.700. The van der Waals surface area contributed by atoms with Gasteiger partial charge in [-0.15, -0.1) is 0 Å². The number of benzene rings is 1. The van der Waals surface area contributed by atoms with Crippen LogP contribution >= 0.6 is 0 Å².